The standard InChI is InChI=1S/C27H25N5O2S/c1-31-16-14-28-26(31)25(22-7-3-4-8-23(22)34-2)30-27(33)19-10-12-21(13-11-19)35-18-20-17-32-15-6-5-9-24(32)29-20/h3-17,25H,18H2,1-2H3,(H,30,33). The van der Waals surface area contributed by atoms with Crippen molar-refractivity contribution in [2.24, 2.45) is 7.05 Å². The Labute approximate surface area is 207 Å². The molecule has 1 atom stereocenters. The molecule has 0 spiro atoms. The lowest BCUT2D eigenvalue weighted by Gasteiger charge is -2.21. The maximum absolute atomic E-state index is 13.2. The monoisotopic (exact) mass is 483 g/mol. The number of imidazole rings is 2. The highest BCUT2D eigenvalue weighted by molar-refractivity contribution is 7.98. The summed E-state index contributed by atoms with van der Waals surface area (Å²) in [5.74, 6) is 1.99. The molecule has 5 aromatic rings. The molecule has 35 heavy (non-hydrogen) atoms. The van der Waals surface area contributed by atoms with Gasteiger partial charge in [-0.2, -0.15) is 0 Å². The van der Waals surface area contributed by atoms with Crippen LogP contribution < -0.4 is 10.1 Å². The molecule has 0 fully saturated rings. The Kier molecular flexibility index (Phi) is 6.54. The molecule has 8 heteroatoms. The van der Waals surface area contributed by atoms with Gasteiger partial charge in [-0.3, -0.25) is 4.79 Å². The number of nitrogens with zero attached hydrogens (tertiary/aromatic N) is 4. The summed E-state index contributed by atoms with van der Waals surface area (Å²) in [6.45, 7) is 0. The van der Waals surface area contributed by atoms with E-state index in [0.717, 1.165) is 33.4 Å². The topological polar surface area (TPSA) is 73.4 Å². The first-order valence-corrected chi connectivity index (χ1v) is 12.2. The van der Waals surface area contributed by atoms with E-state index in [9.17, 15) is 4.79 Å². The molecule has 0 saturated carbocycles. The fourth-order valence-electron chi connectivity index (χ4n) is 3.97. The van der Waals surface area contributed by atoms with Crippen molar-refractivity contribution in [1.82, 2.24) is 24.3 Å². The lowest BCUT2D eigenvalue weighted by atomic mass is 10.0. The summed E-state index contributed by atoms with van der Waals surface area (Å²) in [4.78, 5) is 23.4. The van der Waals surface area contributed by atoms with Gasteiger partial charge in [-0.05, 0) is 42.5 Å². The fourth-order valence-corrected chi connectivity index (χ4v) is 4.75. The quantitative estimate of drug-likeness (QED) is 0.318. The van der Waals surface area contributed by atoms with Crippen molar-refractivity contribution in [3.05, 3.63) is 114 Å². The summed E-state index contributed by atoms with van der Waals surface area (Å²) in [6.07, 6.45) is 7.62. The lowest BCUT2D eigenvalue weighted by molar-refractivity contribution is 0.0940. The molecule has 0 bridgehead atoms. The number of hydrogen-bond acceptors (Lipinski definition) is 5. The second-order valence-electron chi connectivity index (χ2n) is 8.06. The molecule has 0 radical (unpaired) electrons. The molecule has 2 aromatic carbocycles. The van der Waals surface area contributed by atoms with E-state index in [-0.39, 0.29) is 5.91 Å². The van der Waals surface area contributed by atoms with Crippen LogP contribution in [0.25, 0.3) is 5.65 Å². The van der Waals surface area contributed by atoms with E-state index in [1.165, 1.54) is 0 Å². The van der Waals surface area contributed by atoms with Gasteiger partial charge in [-0.25, -0.2) is 9.97 Å². The molecular formula is C27H25N5O2S. The van der Waals surface area contributed by atoms with E-state index in [1.807, 2.05) is 101 Å². The summed E-state index contributed by atoms with van der Waals surface area (Å²) < 4.78 is 9.47. The number of fused-ring (bicyclic) bond motifs is 1. The molecule has 7 nitrogen and oxygen atoms in total. The highest BCUT2D eigenvalue weighted by atomic mass is 32.2. The number of carbonyl (C=O) groups is 1. The molecule has 1 amide bonds. The summed E-state index contributed by atoms with van der Waals surface area (Å²) in [7, 11) is 3.53. The number of carbonyl (C=O) groups excluding carboxylic acids is 1. The number of ether oxygens (including phenoxy) is 1. The molecule has 0 saturated heterocycles. The Morgan fingerprint density at radius 1 is 1.06 bits per heavy atom. The van der Waals surface area contributed by atoms with Crippen LogP contribution in [0, 0.1) is 0 Å². The van der Waals surface area contributed by atoms with Crippen molar-refractivity contribution in [2.45, 2.75) is 16.7 Å². The van der Waals surface area contributed by atoms with Crippen LogP contribution in [0.4, 0.5) is 0 Å². The summed E-state index contributed by atoms with van der Waals surface area (Å²) in [6, 6.07) is 20.8. The Morgan fingerprint density at radius 2 is 1.86 bits per heavy atom. The Hall–Kier alpha value is -4.04. The fraction of sp³-hybridized carbons (Fsp3) is 0.148. The summed E-state index contributed by atoms with van der Waals surface area (Å²) in [5, 5.41) is 3.14. The van der Waals surface area contributed by atoms with Gasteiger partial charge in [-0.15, -0.1) is 11.8 Å². The third-order valence-electron chi connectivity index (χ3n) is 5.76. The minimum absolute atomic E-state index is 0.180. The van der Waals surface area contributed by atoms with Crippen LogP contribution in [0.3, 0.4) is 0 Å². The zero-order valence-electron chi connectivity index (χ0n) is 19.5. The maximum Gasteiger partial charge on any atom is 0.252 e. The molecule has 0 aliphatic heterocycles. The van der Waals surface area contributed by atoms with Crippen molar-refractivity contribution in [2.75, 3.05) is 7.11 Å². The molecular weight excluding hydrogens is 458 g/mol. The van der Waals surface area contributed by atoms with Gasteiger partial charge in [0, 0.05) is 53.6 Å². The highest BCUT2D eigenvalue weighted by Crippen LogP contribution is 2.29. The first kappa shape index (κ1) is 22.7. The third-order valence-corrected chi connectivity index (χ3v) is 6.80. The number of para-hydroxylation sites is 1. The van der Waals surface area contributed by atoms with Crippen LogP contribution >= 0.6 is 11.8 Å². The van der Waals surface area contributed by atoms with Crippen molar-refractivity contribution < 1.29 is 9.53 Å². The van der Waals surface area contributed by atoms with Gasteiger partial charge < -0.3 is 19.0 Å². The third kappa shape index (κ3) is 4.93. The number of nitrogens with one attached hydrogen (secondary N) is 1. The Bertz CT molecular complexity index is 1430. The number of amides is 1. The van der Waals surface area contributed by atoms with Crippen molar-refractivity contribution in [1.29, 1.82) is 0 Å². The van der Waals surface area contributed by atoms with E-state index in [4.69, 9.17) is 4.74 Å². The first-order chi connectivity index (χ1) is 17.1. The number of thioether (sulfide) groups is 1. The van der Waals surface area contributed by atoms with E-state index >= 15 is 0 Å². The summed E-state index contributed by atoms with van der Waals surface area (Å²) >= 11 is 1.69. The van der Waals surface area contributed by atoms with Crippen LogP contribution in [0.5, 0.6) is 5.75 Å². The molecule has 1 N–H and O–H groups in total. The van der Waals surface area contributed by atoms with Gasteiger partial charge in [0.2, 0.25) is 0 Å². The number of benzene rings is 2. The van der Waals surface area contributed by atoms with Gasteiger partial charge in [0.05, 0.1) is 12.8 Å². The first-order valence-electron chi connectivity index (χ1n) is 11.2. The average molecular weight is 484 g/mol. The second-order valence-corrected chi connectivity index (χ2v) is 9.10. The van der Waals surface area contributed by atoms with Crippen molar-refractivity contribution in [3.8, 4) is 5.75 Å². The predicted octanol–water partition coefficient (Wildman–Crippen LogP) is 4.89. The number of rotatable bonds is 8. The molecule has 0 aliphatic rings. The van der Waals surface area contributed by atoms with E-state index in [0.29, 0.717) is 11.3 Å². The van der Waals surface area contributed by atoms with Gasteiger partial charge in [0.25, 0.3) is 5.91 Å². The number of pyridine rings is 1. The van der Waals surface area contributed by atoms with Gasteiger partial charge in [0.15, 0.2) is 0 Å². The number of aryl methyl sites for hydroxylation is 1. The largest absolute Gasteiger partial charge is 0.496 e. The second kappa shape index (κ2) is 10.1. The molecule has 176 valence electrons. The van der Waals surface area contributed by atoms with Crippen molar-refractivity contribution in [3.63, 3.8) is 0 Å². The van der Waals surface area contributed by atoms with Crippen molar-refractivity contribution >= 4 is 23.3 Å². The SMILES string of the molecule is COc1ccccc1C(NC(=O)c1ccc(SCc2cn3ccccc3n2)cc1)c1nccn1C. The van der Waals surface area contributed by atoms with Gasteiger partial charge in [0.1, 0.15) is 23.3 Å². The van der Waals surface area contributed by atoms with Crippen LogP contribution in [-0.2, 0) is 12.8 Å². The van der Waals surface area contributed by atoms with Gasteiger partial charge in [-0.1, -0.05) is 24.3 Å². The molecule has 1 unspecified atom stereocenters. The molecule has 0 aliphatic carbocycles. The average Bonchev–Trinajstić information content (AvgIpc) is 3.51. The normalized spacial score (nSPS) is 11.9. The van der Waals surface area contributed by atoms with Crippen LogP contribution in [-0.4, -0.2) is 32.0 Å². The number of methoxy groups -OCH3 is 1. The molecule has 3 heterocycles. The Balaban J connectivity index is 1.31. The zero-order chi connectivity index (χ0) is 24.2. The van der Waals surface area contributed by atoms with E-state index in [1.54, 1.807) is 25.1 Å². The number of aromatic nitrogens is 4. The maximum atomic E-state index is 13.2. The minimum Gasteiger partial charge on any atom is -0.496 e. The van der Waals surface area contributed by atoms with Gasteiger partial charge >= 0.3 is 0 Å². The Morgan fingerprint density at radius 3 is 2.60 bits per heavy atom. The summed E-state index contributed by atoms with van der Waals surface area (Å²) in [5.41, 5.74) is 3.37. The smallest absolute Gasteiger partial charge is 0.252 e. The lowest BCUT2D eigenvalue weighted by Crippen LogP contribution is -2.31. The van der Waals surface area contributed by atoms with Crippen LogP contribution in [0.1, 0.15) is 33.5 Å². The van der Waals surface area contributed by atoms with Crippen LogP contribution in [0.15, 0.2) is 96.4 Å². The molecule has 5 rings (SSSR count). The zero-order valence-corrected chi connectivity index (χ0v) is 20.3. The molecule has 3 aromatic heterocycles. The van der Waals surface area contributed by atoms with Crippen LogP contribution in [0.2, 0.25) is 0 Å². The highest BCUT2D eigenvalue weighted by Gasteiger charge is 2.24. The number of hydrogen-bond donors (Lipinski definition) is 1. The van der Waals surface area contributed by atoms with E-state index < -0.39 is 6.04 Å². The van der Waals surface area contributed by atoms with E-state index in [2.05, 4.69) is 15.3 Å². The minimum atomic E-state index is -0.456. The predicted molar refractivity (Wildman–Crippen MR) is 137 cm³/mol.